The van der Waals surface area contributed by atoms with Crippen LogP contribution in [0.25, 0.3) is 6.08 Å². The van der Waals surface area contributed by atoms with Crippen LogP contribution < -0.4 is 10.6 Å². The van der Waals surface area contributed by atoms with Crippen LogP contribution in [0, 0.1) is 0 Å². The Labute approximate surface area is 158 Å². The molecule has 6 nitrogen and oxygen atoms in total. The van der Waals surface area contributed by atoms with E-state index in [2.05, 4.69) is 10.6 Å². The third kappa shape index (κ3) is 3.93. The van der Waals surface area contributed by atoms with Crippen molar-refractivity contribution >= 4 is 39.1 Å². The van der Waals surface area contributed by atoms with Crippen LogP contribution in [-0.2, 0) is 24.8 Å². The van der Waals surface area contributed by atoms with Gasteiger partial charge in [0.15, 0.2) is 9.84 Å². The lowest BCUT2D eigenvalue weighted by Gasteiger charge is -2.15. The molecule has 0 unspecified atom stereocenters. The Morgan fingerprint density at radius 2 is 1.78 bits per heavy atom. The van der Waals surface area contributed by atoms with Crippen molar-refractivity contribution in [1.29, 1.82) is 0 Å². The summed E-state index contributed by atoms with van der Waals surface area (Å²) in [6.45, 7) is 3.70. The summed E-state index contributed by atoms with van der Waals surface area (Å²) in [5.41, 5.74) is 2.29. The molecule has 0 saturated carbocycles. The van der Waals surface area contributed by atoms with Gasteiger partial charge in [0.25, 0.3) is 0 Å². The molecule has 140 valence electrons. The van der Waals surface area contributed by atoms with Crippen LogP contribution in [0.1, 0.15) is 25.0 Å². The fourth-order valence-electron chi connectivity index (χ4n) is 2.85. The predicted octanol–water partition coefficient (Wildman–Crippen LogP) is 2.97. The first-order chi connectivity index (χ1) is 12.6. The molecule has 7 heteroatoms. The van der Waals surface area contributed by atoms with Gasteiger partial charge in [0, 0.05) is 23.7 Å². The molecule has 1 aliphatic rings. The highest BCUT2D eigenvalue weighted by molar-refractivity contribution is 7.90. The topological polar surface area (TPSA) is 92.3 Å². The van der Waals surface area contributed by atoms with Crippen LogP contribution >= 0.6 is 0 Å². The number of rotatable bonds is 4. The number of carbonyl (C=O) groups excluding carboxylic acids is 2. The Morgan fingerprint density at radius 1 is 1.11 bits per heavy atom. The van der Waals surface area contributed by atoms with Crippen molar-refractivity contribution in [3.63, 3.8) is 0 Å². The zero-order valence-corrected chi connectivity index (χ0v) is 16.1. The summed E-state index contributed by atoms with van der Waals surface area (Å²) >= 11 is 0. The van der Waals surface area contributed by atoms with Gasteiger partial charge in [0.1, 0.15) is 0 Å². The second-order valence-corrected chi connectivity index (χ2v) is 9.02. The molecule has 2 amide bonds. The average molecular weight is 384 g/mol. The summed E-state index contributed by atoms with van der Waals surface area (Å²) in [6, 6.07) is 11.6. The number of carbonyl (C=O) groups is 2. The molecule has 0 radical (unpaired) electrons. The first kappa shape index (κ1) is 18.8. The number of anilines is 2. The highest BCUT2D eigenvalue weighted by atomic mass is 32.2. The molecule has 3 rings (SSSR count). The lowest BCUT2D eigenvalue weighted by atomic mass is 9.86. The Bertz CT molecular complexity index is 1050. The molecule has 1 heterocycles. The molecule has 2 aromatic rings. The van der Waals surface area contributed by atoms with Gasteiger partial charge in [-0.05, 0) is 55.3 Å². The summed E-state index contributed by atoms with van der Waals surface area (Å²) in [7, 11) is -3.24. The molecule has 0 spiro atoms. The van der Waals surface area contributed by atoms with Crippen molar-refractivity contribution in [3.05, 3.63) is 59.7 Å². The first-order valence-electron chi connectivity index (χ1n) is 8.32. The molecular weight excluding hydrogens is 364 g/mol. The van der Waals surface area contributed by atoms with E-state index in [1.165, 1.54) is 18.2 Å². The van der Waals surface area contributed by atoms with Crippen LogP contribution in [-0.4, -0.2) is 26.5 Å². The minimum Gasteiger partial charge on any atom is -0.325 e. The molecule has 0 saturated heterocycles. The molecule has 0 fully saturated rings. The van der Waals surface area contributed by atoms with Crippen LogP contribution in [0.2, 0.25) is 0 Å². The van der Waals surface area contributed by atoms with Crippen molar-refractivity contribution in [3.8, 4) is 0 Å². The predicted molar refractivity (Wildman–Crippen MR) is 105 cm³/mol. The third-order valence-electron chi connectivity index (χ3n) is 4.51. The number of amides is 2. The maximum Gasteiger partial charge on any atom is 0.248 e. The highest BCUT2D eigenvalue weighted by Crippen LogP contribution is 2.38. The largest absolute Gasteiger partial charge is 0.325 e. The second-order valence-electron chi connectivity index (χ2n) is 7.00. The molecule has 27 heavy (non-hydrogen) atoms. The van der Waals surface area contributed by atoms with Gasteiger partial charge in [-0.3, -0.25) is 9.59 Å². The van der Waals surface area contributed by atoms with Crippen LogP contribution in [0.4, 0.5) is 11.4 Å². The SMILES string of the molecule is CC1(C)C(=O)Nc2cc(NC(=O)C=Cc3ccc(S(C)(=O)=O)cc3)ccc21. The molecule has 2 aromatic carbocycles. The maximum absolute atomic E-state index is 12.1. The van der Waals surface area contributed by atoms with Gasteiger partial charge >= 0.3 is 0 Å². The lowest BCUT2D eigenvalue weighted by Crippen LogP contribution is -2.26. The number of benzene rings is 2. The molecule has 2 N–H and O–H groups in total. The lowest BCUT2D eigenvalue weighted by molar-refractivity contribution is -0.119. The third-order valence-corrected chi connectivity index (χ3v) is 5.64. The monoisotopic (exact) mass is 384 g/mol. The van der Waals surface area contributed by atoms with Crippen LogP contribution in [0.15, 0.2) is 53.4 Å². The average Bonchev–Trinajstić information content (AvgIpc) is 2.81. The molecule has 0 aromatic heterocycles. The van der Waals surface area contributed by atoms with E-state index < -0.39 is 15.3 Å². The Balaban J connectivity index is 1.69. The molecule has 0 aliphatic carbocycles. The fraction of sp³-hybridized carbons (Fsp3) is 0.200. The van der Waals surface area contributed by atoms with Gasteiger partial charge in [-0.1, -0.05) is 18.2 Å². The van der Waals surface area contributed by atoms with Crippen LogP contribution in [0.5, 0.6) is 0 Å². The summed E-state index contributed by atoms with van der Waals surface area (Å²) in [6.07, 6.45) is 4.11. The van der Waals surface area contributed by atoms with Gasteiger partial charge in [-0.15, -0.1) is 0 Å². The van der Waals surface area contributed by atoms with E-state index >= 15 is 0 Å². The number of hydrogen-bond acceptors (Lipinski definition) is 4. The number of sulfone groups is 1. The highest BCUT2D eigenvalue weighted by Gasteiger charge is 2.38. The Kier molecular flexibility index (Phi) is 4.65. The molecule has 0 atom stereocenters. The van der Waals surface area contributed by atoms with E-state index in [-0.39, 0.29) is 16.7 Å². The van der Waals surface area contributed by atoms with Crippen molar-refractivity contribution in [2.24, 2.45) is 0 Å². The second kappa shape index (κ2) is 6.66. The van der Waals surface area contributed by atoms with Crippen molar-refractivity contribution in [2.75, 3.05) is 16.9 Å². The van der Waals surface area contributed by atoms with Crippen molar-refractivity contribution in [1.82, 2.24) is 0 Å². The maximum atomic E-state index is 12.1. The normalized spacial score (nSPS) is 15.4. The number of fused-ring (bicyclic) bond motifs is 1. The van der Waals surface area contributed by atoms with Gasteiger partial charge in [0.05, 0.1) is 10.3 Å². The summed E-state index contributed by atoms with van der Waals surface area (Å²) in [5, 5.41) is 5.57. The first-order valence-corrected chi connectivity index (χ1v) is 10.2. The standard InChI is InChI=1S/C20H20N2O4S/c1-20(2)16-10-7-14(12-17(16)22-19(20)24)21-18(23)11-6-13-4-8-15(9-5-13)27(3,25)26/h4-12H,1-3H3,(H,21,23)(H,22,24). The minimum absolute atomic E-state index is 0.0709. The minimum atomic E-state index is -3.24. The van der Waals surface area contributed by atoms with E-state index in [4.69, 9.17) is 0 Å². The van der Waals surface area contributed by atoms with Gasteiger partial charge in [-0.25, -0.2) is 8.42 Å². The van der Waals surface area contributed by atoms with E-state index in [0.29, 0.717) is 16.9 Å². The molecule has 1 aliphatic heterocycles. The number of nitrogens with one attached hydrogen (secondary N) is 2. The summed E-state index contributed by atoms with van der Waals surface area (Å²) in [5.74, 6) is -0.399. The molecular formula is C20H20N2O4S. The molecule has 0 bridgehead atoms. The fourth-order valence-corrected chi connectivity index (χ4v) is 3.48. The van der Waals surface area contributed by atoms with Crippen LogP contribution in [0.3, 0.4) is 0 Å². The summed E-state index contributed by atoms with van der Waals surface area (Å²) < 4.78 is 22.9. The zero-order valence-electron chi connectivity index (χ0n) is 15.2. The van der Waals surface area contributed by atoms with Crippen molar-refractivity contribution in [2.45, 2.75) is 24.2 Å². The van der Waals surface area contributed by atoms with Gasteiger partial charge in [-0.2, -0.15) is 0 Å². The Morgan fingerprint density at radius 3 is 2.41 bits per heavy atom. The smallest absolute Gasteiger partial charge is 0.248 e. The van der Waals surface area contributed by atoms with E-state index in [1.54, 1.807) is 30.3 Å². The Hall–Kier alpha value is -2.93. The van der Waals surface area contributed by atoms with E-state index in [0.717, 1.165) is 11.8 Å². The van der Waals surface area contributed by atoms with Crippen molar-refractivity contribution < 1.29 is 18.0 Å². The zero-order chi connectivity index (χ0) is 19.8. The van der Waals surface area contributed by atoms with E-state index in [1.807, 2.05) is 19.9 Å². The van der Waals surface area contributed by atoms with Gasteiger partial charge < -0.3 is 10.6 Å². The number of hydrogen-bond donors (Lipinski definition) is 2. The van der Waals surface area contributed by atoms with Gasteiger partial charge in [0.2, 0.25) is 11.8 Å². The van der Waals surface area contributed by atoms with E-state index in [9.17, 15) is 18.0 Å². The summed E-state index contributed by atoms with van der Waals surface area (Å²) in [4.78, 5) is 24.3. The quantitative estimate of drug-likeness (QED) is 0.793.